The van der Waals surface area contributed by atoms with E-state index in [1.807, 2.05) is 0 Å². The number of halogens is 2. The molecule has 0 saturated heterocycles. The molecule has 2 aromatic carbocycles. The number of rotatable bonds is 10. The van der Waals surface area contributed by atoms with Gasteiger partial charge in [-0.05, 0) is 49.7 Å². The van der Waals surface area contributed by atoms with Crippen LogP contribution in [0.25, 0.3) is 0 Å². The van der Waals surface area contributed by atoms with Gasteiger partial charge in [-0.2, -0.15) is 0 Å². The highest BCUT2D eigenvalue weighted by Crippen LogP contribution is 2.30. The van der Waals surface area contributed by atoms with E-state index in [0.29, 0.717) is 22.9 Å². The summed E-state index contributed by atoms with van der Waals surface area (Å²) in [5.41, 5.74) is 0.899. The minimum atomic E-state index is -3.85. The topological polar surface area (TPSA) is 96.0 Å². The number of nitrogens with one attached hydrogen (secondary N) is 1. The number of hydrogen-bond donors (Lipinski definition) is 1. The Kier molecular flexibility index (Phi) is 9.39. The number of hydrogen-bond acceptors (Lipinski definition) is 5. The van der Waals surface area contributed by atoms with Gasteiger partial charge in [-0.1, -0.05) is 35.3 Å². The molecule has 1 atom stereocenters. The number of ether oxygens (including phenoxy) is 1. The smallest absolute Gasteiger partial charge is 0.244 e. The van der Waals surface area contributed by atoms with Crippen LogP contribution in [0.5, 0.6) is 5.75 Å². The van der Waals surface area contributed by atoms with Gasteiger partial charge in [-0.3, -0.25) is 13.9 Å². The number of nitrogens with zero attached hydrogens (tertiary/aromatic N) is 2. The highest BCUT2D eigenvalue weighted by atomic mass is 35.5. The molecule has 0 heterocycles. The Hall–Kier alpha value is -2.49. The molecule has 0 aliphatic heterocycles. The monoisotopic (exact) mass is 515 g/mol. The van der Waals surface area contributed by atoms with E-state index in [1.165, 1.54) is 30.2 Å². The predicted octanol–water partition coefficient (Wildman–Crippen LogP) is 3.32. The zero-order chi connectivity index (χ0) is 24.8. The highest BCUT2D eigenvalue weighted by molar-refractivity contribution is 7.92. The van der Waals surface area contributed by atoms with E-state index in [-0.39, 0.29) is 23.2 Å². The SMILES string of the molecule is CCNC(=O)[C@@H](C)N(Cc1cccc(Cl)c1)C(=O)CN(c1ccc(OC)c(Cl)c1)S(C)(=O)=O. The van der Waals surface area contributed by atoms with Gasteiger partial charge in [0, 0.05) is 18.1 Å². The number of carbonyl (C=O) groups excluding carboxylic acids is 2. The number of sulfonamides is 1. The Morgan fingerprint density at radius 2 is 1.85 bits per heavy atom. The lowest BCUT2D eigenvalue weighted by atomic mass is 10.1. The van der Waals surface area contributed by atoms with Crippen LogP contribution in [0.1, 0.15) is 19.4 Å². The molecule has 0 unspecified atom stereocenters. The van der Waals surface area contributed by atoms with Crippen LogP contribution >= 0.6 is 23.2 Å². The standard InChI is InChI=1S/C22H27Cl2N3O5S/c1-5-25-22(29)15(2)26(13-16-7-6-8-17(23)11-16)21(28)14-27(33(4,30)31)18-9-10-20(32-3)19(24)12-18/h6-12,15H,5,13-14H2,1-4H3,(H,25,29)/t15-/m1/s1. The summed E-state index contributed by atoms with van der Waals surface area (Å²) in [6, 6.07) is 10.5. The van der Waals surface area contributed by atoms with Crippen LogP contribution in [-0.2, 0) is 26.2 Å². The molecular formula is C22H27Cl2N3O5S. The van der Waals surface area contributed by atoms with Gasteiger partial charge >= 0.3 is 0 Å². The minimum absolute atomic E-state index is 0.0681. The molecule has 0 saturated carbocycles. The van der Waals surface area contributed by atoms with Crippen LogP contribution in [0.2, 0.25) is 10.0 Å². The molecule has 180 valence electrons. The van der Waals surface area contributed by atoms with Gasteiger partial charge in [-0.15, -0.1) is 0 Å². The third kappa shape index (κ3) is 7.25. The first-order valence-electron chi connectivity index (χ1n) is 10.1. The summed E-state index contributed by atoms with van der Waals surface area (Å²) in [6.07, 6.45) is 0.993. The van der Waals surface area contributed by atoms with Crippen molar-refractivity contribution in [2.45, 2.75) is 26.4 Å². The summed E-state index contributed by atoms with van der Waals surface area (Å²) in [5.74, 6) is -0.551. The van der Waals surface area contributed by atoms with Crippen molar-refractivity contribution in [2.24, 2.45) is 0 Å². The van der Waals surface area contributed by atoms with Crippen molar-refractivity contribution in [1.29, 1.82) is 0 Å². The van der Waals surface area contributed by atoms with Gasteiger partial charge in [-0.25, -0.2) is 8.42 Å². The number of carbonyl (C=O) groups is 2. The molecule has 33 heavy (non-hydrogen) atoms. The summed E-state index contributed by atoms with van der Waals surface area (Å²) in [6.45, 7) is 3.29. The van der Waals surface area contributed by atoms with E-state index in [4.69, 9.17) is 27.9 Å². The Labute approximate surface area is 204 Å². The van der Waals surface area contributed by atoms with Gasteiger partial charge in [0.05, 0.1) is 24.1 Å². The van der Waals surface area contributed by atoms with Crippen molar-refractivity contribution in [3.8, 4) is 5.75 Å². The zero-order valence-corrected chi connectivity index (χ0v) is 21.2. The lowest BCUT2D eigenvalue weighted by Crippen LogP contribution is -2.51. The van der Waals surface area contributed by atoms with E-state index in [1.54, 1.807) is 38.1 Å². The molecule has 0 aliphatic rings. The Morgan fingerprint density at radius 1 is 1.15 bits per heavy atom. The number of methoxy groups -OCH3 is 1. The molecular weight excluding hydrogens is 489 g/mol. The molecule has 0 radical (unpaired) electrons. The first kappa shape index (κ1) is 26.8. The number of likely N-dealkylation sites (N-methyl/N-ethyl adjacent to an activating group) is 1. The molecule has 0 fully saturated rings. The van der Waals surface area contributed by atoms with Crippen LogP contribution in [0, 0.1) is 0 Å². The van der Waals surface area contributed by atoms with E-state index in [2.05, 4.69) is 5.32 Å². The van der Waals surface area contributed by atoms with E-state index in [0.717, 1.165) is 10.6 Å². The zero-order valence-electron chi connectivity index (χ0n) is 18.8. The summed E-state index contributed by atoms with van der Waals surface area (Å²) in [4.78, 5) is 27.2. The molecule has 0 bridgehead atoms. The van der Waals surface area contributed by atoms with Crippen molar-refractivity contribution in [3.05, 3.63) is 58.1 Å². The second-order valence-corrected chi connectivity index (χ2v) is 10.1. The number of amides is 2. The maximum atomic E-state index is 13.4. The van der Waals surface area contributed by atoms with Crippen LogP contribution in [-0.4, -0.2) is 57.6 Å². The van der Waals surface area contributed by atoms with Crippen molar-refractivity contribution in [3.63, 3.8) is 0 Å². The molecule has 2 rings (SSSR count). The van der Waals surface area contributed by atoms with Crippen LogP contribution in [0.15, 0.2) is 42.5 Å². The van der Waals surface area contributed by atoms with E-state index < -0.39 is 28.5 Å². The first-order valence-corrected chi connectivity index (χ1v) is 12.7. The van der Waals surface area contributed by atoms with E-state index in [9.17, 15) is 18.0 Å². The van der Waals surface area contributed by atoms with Crippen LogP contribution in [0.3, 0.4) is 0 Å². The molecule has 1 N–H and O–H groups in total. The maximum absolute atomic E-state index is 13.4. The van der Waals surface area contributed by atoms with Gasteiger partial charge in [0.2, 0.25) is 21.8 Å². The Balaban J connectivity index is 2.41. The highest BCUT2D eigenvalue weighted by Gasteiger charge is 2.30. The first-order chi connectivity index (χ1) is 15.5. The molecule has 0 aliphatic carbocycles. The average molecular weight is 516 g/mol. The molecule has 0 aromatic heterocycles. The Morgan fingerprint density at radius 3 is 2.39 bits per heavy atom. The van der Waals surface area contributed by atoms with Gasteiger partial charge in [0.25, 0.3) is 0 Å². The second kappa shape index (κ2) is 11.6. The largest absolute Gasteiger partial charge is 0.495 e. The van der Waals surface area contributed by atoms with E-state index >= 15 is 0 Å². The fourth-order valence-electron chi connectivity index (χ4n) is 3.16. The number of anilines is 1. The second-order valence-electron chi connectivity index (χ2n) is 7.31. The molecule has 11 heteroatoms. The molecule has 0 spiro atoms. The average Bonchev–Trinajstić information content (AvgIpc) is 2.74. The summed E-state index contributed by atoms with van der Waals surface area (Å²) in [7, 11) is -2.41. The third-order valence-corrected chi connectivity index (χ3v) is 6.53. The predicted molar refractivity (Wildman–Crippen MR) is 130 cm³/mol. The fourth-order valence-corrected chi connectivity index (χ4v) is 4.47. The quantitative estimate of drug-likeness (QED) is 0.523. The third-order valence-electron chi connectivity index (χ3n) is 4.86. The molecule has 2 aromatic rings. The van der Waals surface area contributed by atoms with Crippen molar-refractivity contribution >= 4 is 50.7 Å². The summed E-state index contributed by atoms with van der Waals surface area (Å²) in [5, 5.41) is 3.37. The lowest BCUT2D eigenvalue weighted by Gasteiger charge is -2.31. The number of benzene rings is 2. The molecule has 8 nitrogen and oxygen atoms in total. The van der Waals surface area contributed by atoms with Crippen molar-refractivity contribution in [2.75, 3.05) is 30.8 Å². The van der Waals surface area contributed by atoms with Crippen LogP contribution < -0.4 is 14.4 Å². The summed E-state index contributed by atoms with van der Waals surface area (Å²) < 4.78 is 31.1. The fraction of sp³-hybridized carbons (Fsp3) is 0.364. The maximum Gasteiger partial charge on any atom is 0.244 e. The Bertz CT molecular complexity index is 1110. The molecule has 2 amide bonds. The van der Waals surface area contributed by atoms with Crippen LogP contribution in [0.4, 0.5) is 5.69 Å². The van der Waals surface area contributed by atoms with Crippen molar-refractivity contribution < 1.29 is 22.7 Å². The lowest BCUT2D eigenvalue weighted by molar-refractivity contribution is -0.139. The minimum Gasteiger partial charge on any atom is -0.495 e. The van der Waals surface area contributed by atoms with Gasteiger partial charge in [0.15, 0.2) is 0 Å². The normalized spacial score (nSPS) is 12.1. The van der Waals surface area contributed by atoms with Crippen molar-refractivity contribution in [1.82, 2.24) is 10.2 Å². The summed E-state index contributed by atoms with van der Waals surface area (Å²) >= 11 is 12.2. The van der Waals surface area contributed by atoms with Gasteiger partial charge < -0.3 is 15.0 Å². The van der Waals surface area contributed by atoms with Gasteiger partial charge in [0.1, 0.15) is 18.3 Å².